The molecule has 0 aromatic carbocycles. The SMILES string of the molecule is COCCS(=O)(=O)CCC(C)(C)N(Cl)Cl. The highest BCUT2D eigenvalue weighted by Gasteiger charge is 2.26. The summed E-state index contributed by atoms with van der Waals surface area (Å²) < 4.78 is 28.6. The van der Waals surface area contributed by atoms with Crippen molar-refractivity contribution < 1.29 is 13.2 Å². The minimum Gasteiger partial charge on any atom is -0.384 e. The van der Waals surface area contributed by atoms with Crippen LogP contribution in [0.4, 0.5) is 0 Å². The van der Waals surface area contributed by atoms with Gasteiger partial charge in [0.15, 0.2) is 9.84 Å². The van der Waals surface area contributed by atoms with E-state index in [1.807, 2.05) is 0 Å². The molecule has 0 fully saturated rings. The van der Waals surface area contributed by atoms with Gasteiger partial charge in [0.25, 0.3) is 0 Å². The molecule has 0 saturated heterocycles. The minimum absolute atomic E-state index is 0.0319. The van der Waals surface area contributed by atoms with Crippen molar-refractivity contribution in [1.29, 1.82) is 0 Å². The van der Waals surface area contributed by atoms with Gasteiger partial charge in [-0.15, -0.1) is 3.94 Å². The number of halogens is 2. The molecule has 0 bridgehead atoms. The van der Waals surface area contributed by atoms with Crippen LogP contribution < -0.4 is 0 Å². The Kier molecular flexibility index (Phi) is 6.44. The summed E-state index contributed by atoms with van der Waals surface area (Å²) in [5, 5.41) is 0. The lowest BCUT2D eigenvalue weighted by Crippen LogP contribution is -2.34. The molecule has 0 aliphatic rings. The van der Waals surface area contributed by atoms with E-state index < -0.39 is 15.4 Å². The number of nitrogens with zero attached hydrogens (tertiary/aromatic N) is 1. The van der Waals surface area contributed by atoms with Crippen LogP contribution in [0.15, 0.2) is 0 Å². The van der Waals surface area contributed by atoms with Crippen LogP contribution >= 0.6 is 23.6 Å². The van der Waals surface area contributed by atoms with E-state index in [0.717, 1.165) is 3.94 Å². The average Bonchev–Trinajstić information content (AvgIpc) is 2.12. The van der Waals surface area contributed by atoms with Crippen LogP contribution in [-0.4, -0.2) is 43.1 Å². The first-order valence-electron chi connectivity index (χ1n) is 4.52. The molecule has 4 nitrogen and oxygen atoms in total. The van der Waals surface area contributed by atoms with Gasteiger partial charge in [0.05, 0.1) is 18.1 Å². The number of ether oxygens (including phenoxy) is 1. The Labute approximate surface area is 102 Å². The van der Waals surface area contributed by atoms with Crippen molar-refractivity contribution in [2.45, 2.75) is 25.8 Å². The Morgan fingerprint density at radius 1 is 1.27 bits per heavy atom. The van der Waals surface area contributed by atoms with E-state index in [0.29, 0.717) is 6.42 Å². The van der Waals surface area contributed by atoms with Gasteiger partial charge in [0.2, 0.25) is 0 Å². The van der Waals surface area contributed by atoms with Crippen molar-refractivity contribution in [3.05, 3.63) is 0 Å². The molecule has 0 heterocycles. The van der Waals surface area contributed by atoms with E-state index in [1.165, 1.54) is 7.11 Å². The molecule has 0 atom stereocenters. The molecule has 15 heavy (non-hydrogen) atoms. The molecule has 7 heteroatoms. The fourth-order valence-corrected chi connectivity index (χ4v) is 2.41. The van der Waals surface area contributed by atoms with Gasteiger partial charge in [-0.3, -0.25) is 0 Å². The molecule has 0 unspecified atom stereocenters. The molecule has 0 aliphatic carbocycles. The van der Waals surface area contributed by atoms with Gasteiger partial charge in [-0.25, -0.2) is 8.42 Å². The molecular weight excluding hydrogens is 261 g/mol. The van der Waals surface area contributed by atoms with Crippen molar-refractivity contribution in [3.63, 3.8) is 0 Å². The average molecular weight is 278 g/mol. The van der Waals surface area contributed by atoms with Gasteiger partial charge in [0, 0.05) is 12.6 Å². The third kappa shape index (κ3) is 6.58. The number of sulfone groups is 1. The maximum atomic E-state index is 11.5. The van der Waals surface area contributed by atoms with Crippen LogP contribution in [0, 0.1) is 0 Å². The summed E-state index contributed by atoms with van der Waals surface area (Å²) >= 11 is 11.2. The molecular formula is C8H17Cl2NO3S. The first-order valence-corrected chi connectivity index (χ1v) is 7.02. The molecule has 0 aromatic rings. The standard InChI is InChI=1S/C8H17Cl2NO3S/c1-8(2,11(9)10)4-6-15(12,13)7-5-14-3/h4-7H2,1-3H3. The van der Waals surface area contributed by atoms with Crippen molar-refractivity contribution >= 4 is 33.4 Å². The fraction of sp³-hybridized carbons (Fsp3) is 1.00. The molecule has 0 N–H and O–H groups in total. The predicted molar refractivity (Wildman–Crippen MR) is 62.8 cm³/mol. The highest BCUT2D eigenvalue weighted by molar-refractivity contribution is 7.91. The summed E-state index contributed by atoms with van der Waals surface area (Å²) in [5.41, 5.74) is -0.552. The van der Waals surface area contributed by atoms with Crippen molar-refractivity contribution in [2.75, 3.05) is 25.2 Å². The number of hydrogen-bond donors (Lipinski definition) is 0. The summed E-state index contributed by atoms with van der Waals surface area (Å²) in [6.07, 6.45) is 0.381. The molecule has 0 spiro atoms. The van der Waals surface area contributed by atoms with Gasteiger partial charge in [-0.1, -0.05) is 0 Å². The van der Waals surface area contributed by atoms with Gasteiger partial charge in [-0.2, -0.15) is 0 Å². The Hall–Kier alpha value is 0.450. The Morgan fingerprint density at radius 2 is 1.80 bits per heavy atom. The Balaban J connectivity index is 4.15. The van der Waals surface area contributed by atoms with Gasteiger partial charge in [-0.05, 0) is 43.8 Å². The van der Waals surface area contributed by atoms with Crippen LogP contribution in [0.5, 0.6) is 0 Å². The quantitative estimate of drug-likeness (QED) is 0.666. The summed E-state index contributed by atoms with van der Waals surface area (Å²) in [6.45, 7) is 3.77. The molecule has 0 aromatic heterocycles. The normalized spacial score (nSPS) is 13.5. The summed E-state index contributed by atoms with van der Waals surface area (Å²) in [6, 6.07) is 0. The third-order valence-electron chi connectivity index (χ3n) is 2.08. The Morgan fingerprint density at radius 3 is 2.20 bits per heavy atom. The lowest BCUT2D eigenvalue weighted by atomic mass is 10.0. The zero-order valence-corrected chi connectivity index (χ0v) is 11.5. The van der Waals surface area contributed by atoms with Crippen LogP contribution in [0.25, 0.3) is 0 Å². The zero-order chi connectivity index (χ0) is 12.1. The lowest BCUT2D eigenvalue weighted by Gasteiger charge is -2.27. The fourth-order valence-electron chi connectivity index (χ4n) is 0.802. The molecule has 0 aliphatic heterocycles. The lowest BCUT2D eigenvalue weighted by molar-refractivity contribution is 0.217. The van der Waals surface area contributed by atoms with Gasteiger partial charge in [0.1, 0.15) is 0 Å². The molecule has 0 amide bonds. The second-order valence-corrected chi connectivity index (χ2v) is 7.09. The molecule has 92 valence electrons. The van der Waals surface area contributed by atoms with Crippen molar-refractivity contribution in [1.82, 2.24) is 3.94 Å². The second-order valence-electron chi connectivity index (χ2n) is 3.94. The van der Waals surface area contributed by atoms with Crippen LogP contribution in [0.2, 0.25) is 0 Å². The largest absolute Gasteiger partial charge is 0.384 e. The highest BCUT2D eigenvalue weighted by Crippen LogP contribution is 2.23. The van der Waals surface area contributed by atoms with E-state index in [-0.39, 0.29) is 18.1 Å². The summed E-state index contributed by atoms with van der Waals surface area (Å²) in [5.74, 6) is 0.0868. The maximum Gasteiger partial charge on any atom is 0.152 e. The predicted octanol–water partition coefficient (Wildman–Crippen LogP) is 1.83. The Bertz CT molecular complexity index is 278. The molecule has 0 saturated carbocycles. The van der Waals surface area contributed by atoms with E-state index in [2.05, 4.69) is 0 Å². The number of methoxy groups -OCH3 is 1. The monoisotopic (exact) mass is 277 g/mol. The van der Waals surface area contributed by atoms with E-state index in [1.54, 1.807) is 13.8 Å². The van der Waals surface area contributed by atoms with Crippen LogP contribution in [0.1, 0.15) is 20.3 Å². The first-order chi connectivity index (χ1) is 6.71. The number of rotatable bonds is 7. The minimum atomic E-state index is -3.08. The molecule has 0 radical (unpaired) electrons. The maximum absolute atomic E-state index is 11.5. The van der Waals surface area contributed by atoms with E-state index >= 15 is 0 Å². The zero-order valence-electron chi connectivity index (χ0n) is 9.16. The van der Waals surface area contributed by atoms with Gasteiger partial charge < -0.3 is 4.74 Å². The topological polar surface area (TPSA) is 46.6 Å². The van der Waals surface area contributed by atoms with Crippen LogP contribution in [-0.2, 0) is 14.6 Å². The van der Waals surface area contributed by atoms with Crippen molar-refractivity contribution in [3.8, 4) is 0 Å². The smallest absolute Gasteiger partial charge is 0.152 e. The first kappa shape index (κ1) is 15.4. The van der Waals surface area contributed by atoms with Gasteiger partial charge >= 0.3 is 0 Å². The van der Waals surface area contributed by atoms with E-state index in [4.69, 9.17) is 28.3 Å². The third-order valence-corrected chi connectivity index (χ3v) is 4.61. The van der Waals surface area contributed by atoms with Crippen LogP contribution in [0.3, 0.4) is 0 Å². The van der Waals surface area contributed by atoms with E-state index in [9.17, 15) is 8.42 Å². The van der Waals surface area contributed by atoms with Crippen molar-refractivity contribution in [2.24, 2.45) is 0 Å². The highest BCUT2D eigenvalue weighted by atomic mass is 35.5. The second kappa shape index (κ2) is 6.25. The molecule has 0 rings (SSSR count). The number of hydrogen-bond acceptors (Lipinski definition) is 4. The summed E-state index contributed by atoms with van der Waals surface area (Å²) in [4.78, 5) is 0. The summed E-state index contributed by atoms with van der Waals surface area (Å²) in [7, 11) is -1.61.